The number of pyridine rings is 1. The third kappa shape index (κ3) is 3.71. The second kappa shape index (κ2) is 7.97. The Bertz CT molecular complexity index is 1170. The van der Waals surface area contributed by atoms with Gasteiger partial charge in [0.05, 0.1) is 17.9 Å². The summed E-state index contributed by atoms with van der Waals surface area (Å²) in [5, 5.41) is 7.45. The fourth-order valence-corrected chi connectivity index (χ4v) is 3.91. The van der Waals surface area contributed by atoms with Crippen molar-refractivity contribution in [2.75, 3.05) is 31.1 Å². The molecule has 1 fully saturated rings. The van der Waals surface area contributed by atoms with Crippen LogP contribution in [0.25, 0.3) is 22.3 Å². The van der Waals surface area contributed by atoms with E-state index < -0.39 is 0 Å². The van der Waals surface area contributed by atoms with E-state index in [0.717, 1.165) is 54.3 Å². The van der Waals surface area contributed by atoms with Crippen LogP contribution in [0.3, 0.4) is 0 Å². The summed E-state index contributed by atoms with van der Waals surface area (Å²) in [6.45, 7) is 3.63. The molecule has 9 heteroatoms. The molecule has 0 spiro atoms. The molecule has 1 aliphatic heterocycles. The highest BCUT2D eigenvalue weighted by atomic mass is 35.5. The van der Waals surface area contributed by atoms with Crippen molar-refractivity contribution in [1.82, 2.24) is 30.0 Å². The van der Waals surface area contributed by atoms with Crippen LogP contribution in [0.15, 0.2) is 49.1 Å². The molecule has 0 saturated carbocycles. The zero-order valence-corrected chi connectivity index (χ0v) is 16.8. The second-order valence-corrected chi connectivity index (χ2v) is 7.68. The molecule has 1 aliphatic rings. The molecule has 30 heavy (non-hydrogen) atoms. The maximum atomic E-state index is 14.1. The van der Waals surface area contributed by atoms with Crippen LogP contribution in [0.2, 0.25) is 5.02 Å². The molecule has 0 radical (unpaired) electrons. The Kier molecular flexibility index (Phi) is 5.02. The molecule has 0 bridgehead atoms. The smallest absolute Gasteiger partial charge is 0.156 e. The molecule has 0 unspecified atom stereocenters. The standard InChI is InChI=1S/C21H19ClFN7/c22-16-1-2-17(23)14(9-16)13-29-5-7-30(8-6-29)21-20(15-10-25-26-11-15)27-19-12-24-4-3-18(19)28-21/h1-4,9-12H,5-8,13H2,(H,25,26). The number of H-pyrrole nitrogens is 1. The van der Waals surface area contributed by atoms with E-state index in [9.17, 15) is 4.39 Å². The lowest BCUT2D eigenvalue weighted by molar-refractivity contribution is 0.246. The second-order valence-electron chi connectivity index (χ2n) is 7.25. The van der Waals surface area contributed by atoms with Crippen molar-refractivity contribution in [2.45, 2.75) is 6.54 Å². The average Bonchev–Trinajstić information content (AvgIpc) is 3.31. The molecule has 4 heterocycles. The fourth-order valence-electron chi connectivity index (χ4n) is 3.71. The summed E-state index contributed by atoms with van der Waals surface area (Å²) in [5.41, 5.74) is 3.82. The van der Waals surface area contributed by atoms with Crippen molar-refractivity contribution in [2.24, 2.45) is 0 Å². The number of aromatic nitrogens is 5. The Morgan fingerprint density at radius 3 is 2.70 bits per heavy atom. The van der Waals surface area contributed by atoms with Gasteiger partial charge in [0, 0.05) is 61.3 Å². The van der Waals surface area contributed by atoms with Gasteiger partial charge in [0.1, 0.15) is 17.0 Å². The van der Waals surface area contributed by atoms with Gasteiger partial charge < -0.3 is 4.90 Å². The average molecular weight is 424 g/mol. The zero-order chi connectivity index (χ0) is 20.5. The van der Waals surface area contributed by atoms with Crippen LogP contribution < -0.4 is 4.90 Å². The topological polar surface area (TPSA) is 73.8 Å². The molecule has 1 N–H and O–H groups in total. The van der Waals surface area contributed by atoms with Crippen LogP contribution in [0.1, 0.15) is 5.56 Å². The van der Waals surface area contributed by atoms with Crippen molar-refractivity contribution in [3.63, 3.8) is 0 Å². The molecule has 1 saturated heterocycles. The number of halogens is 2. The number of fused-ring (bicyclic) bond motifs is 1. The number of nitrogens with one attached hydrogen (secondary N) is 1. The predicted molar refractivity (Wildman–Crippen MR) is 114 cm³/mol. The Morgan fingerprint density at radius 2 is 1.90 bits per heavy atom. The van der Waals surface area contributed by atoms with Crippen molar-refractivity contribution in [3.05, 3.63) is 65.5 Å². The summed E-state index contributed by atoms with van der Waals surface area (Å²) < 4.78 is 14.1. The molecule has 1 aromatic carbocycles. The first-order valence-corrected chi connectivity index (χ1v) is 10.1. The monoisotopic (exact) mass is 423 g/mol. The Hall–Kier alpha value is -3.10. The van der Waals surface area contributed by atoms with Gasteiger partial charge >= 0.3 is 0 Å². The molecular weight excluding hydrogens is 405 g/mol. The van der Waals surface area contributed by atoms with Crippen LogP contribution in [0, 0.1) is 5.82 Å². The minimum Gasteiger partial charge on any atom is -0.352 e. The van der Waals surface area contributed by atoms with E-state index in [-0.39, 0.29) is 5.82 Å². The molecule has 0 amide bonds. The normalized spacial score (nSPS) is 15.1. The maximum absolute atomic E-state index is 14.1. The van der Waals surface area contributed by atoms with Crippen molar-refractivity contribution in [3.8, 4) is 11.3 Å². The van der Waals surface area contributed by atoms with Gasteiger partial charge in [-0.2, -0.15) is 5.10 Å². The largest absolute Gasteiger partial charge is 0.352 e. The quantitative estimate of drug-likeness (QED) is 0.541. The molecule has 7 nitrogen and oxygen atoms in total. The van der Waals surface area contributed by atoms with Crippen LogP contribution in [0.5, 0.6) is 0 Å². The fraction of sp³-hybridized carbons (Fsp3) is 0.238. The summed E-state index contributed by atoms with van der Waals surface area (Å²) in [6, 6.07) is 6.56. The number of anilines is 1. The Labute approximate surface area is 177 Å². The van der Waals surface area contributed by atoms with Gasteiger partial charge in [0.25, 0.3) is 0 Å². The molecule has 0 aliphatic carbocycles. The third-order valence-corrected chi connectivity index (χ3v) is 5.53. The highest BCUT2D eigenvalue weighted by Crippen LogP contribution is 2.30. The highest BCUT2D eigenvalue weighted by molar-refractivity contribution is 6.30. The molecule has 0 atom stereocenters. The third-order valence-electron chi connectivity index (χ3n) is 5.29. The van der Waals surface area contributed by atoms with E-state index in [4.69, 9.17) is 21.6 Å². The van der Waals surface area contributed by atoms with Gasteiger partial charge in [0.2, 0.25) is 0 Å². The van der Waals surface area contributed by atoms with Gasteiger partial charge in [-0.05, 0) is 24.3 Å². The van der Waals surface area contributed by atoms with E-state index in [1.807, 2.05) is 12.3 Å². The molecule has 152 valence electrons. The van der Waals surface area contributed by atoms with Crippen LogP contribution in [-0.2, 0) is 6.54 Å². The maximum Gasteiger partial charge on any atom is 0.156 e. The van der Waals surface area contributed by atoms with Crippen molar-refractivity contribution >= 4 is 28.5 Å². The van der Waals surface area contributed by atoms with Crippen LogP contribution >= 0.6 is 11.6 Å². The van der Waals surface area contributed by atoms with E-state index in [1.165, 1.54) is 6.07 Å². The molecule has 5 rings (SSSR count). The van der Waals surface area contributed by atoms with Crippen LogP contribution in [0.4, 0.5) is 10.2 Å². The number of hydrogen-bond donors (Lipinski definition) is 1. The lowest BCUT2D eigenvalue weighted by Gasteiger charge is -2.36. The van der Waals surface area contributed by atoms with Crippen molar-refractivity contribution < 1.29 is 4.39 Å². The number of aromatic amines is 1. The van der Waals surface area contributed by atoms with Gasteiger partial charge in [-0.1, -0.05) is 11.6 Å². The minimum absolute atomic E-state index is 0.224. The van der Waals surface area contributed by atoms with Gasteiger partial charge in [-0.15, -0.1) is 0 Å². The number of hydrogen-bond acceptors (Lipinski definition) is 6. The molecular formula is C21H19ClFN7. The Balaban J connectivity index is 1.39. The Morgan fingerprint density at radius 1 is 1.03 bits per heavy atom. The minimum atomic E-state index is -0.224. The van der Waals surface area contributed by atoms with Crippen molar-refractivity contribution in [1.29, 1.82) is 0 Å². The summed E-state index contributed by atoms with van der Waals surface area (Å²) in [4.78, 5) is 18.3. The number of rotatable bonds is 4. The van der Waals surface area contributed by atoms with E-state index in [0.29, 0.717) is 17.1 Å². The van der Waals surface area contributed by atoms with E-state index in [2.05, 4.69) is 25.0 Å². The van der Waals surface area contributed by atoms with Crippen LogP contribution in [-0.4, -0.2) is 56.2 Å². The number of nitrogens with zero attached hydrogens (tertiary/aromatic N) is 6. The first kappa shape index (κ1) is 18.9. The van der Waals surface area contributed by atoms with Gasteiger partial charge in [0.15, 0.2) is 5.82 Å². The summed E-state index contributed by atoms with van der Waals surface area (Å²) in [6.07, 6.45) is 6.99. The SMILES string of the molecule is Fc1ccc(Cl)cc1CN1CCN(c2nc3ccncc3nc2-c2cn[nH]c2)CC1. The highest BCUT2D eigenvalue weighted by Gasteiger charge is 2.23. The van der Waals surface area contributed by atoms with Gasteiger partial charge in [-0.25, -0.2) is 14.4 Å². The lowest BCUT2D eigenvalue weighted by atomic mass is 10.1. The predicted octanol–water partition coefficient (Wildman–Crippen LogP) is 3.53. The first-order valence-electron chi connectivity index (χ1n) is 9.69. The summed E-state index contributed by atoms with van der Waals surface area (Å²) in [5.74, 6) is 0.599. The lowest BCUT2D eigenvalue weighted by Crippen LogP contribution is -2.46. The first-order chi connectivity index (χ1) is 14.7. The number of benzene rings is 1. The van der Waals surface area contributed by atoms with E-state index in [1.54, 1.807) is 30.7 Å². The van der Waals surface area contributed by atoms with Gasteiger partial charge in [-0.3, -0.25) is 15.0 Å². The summed E-state index contributed by atoms with van der Waals surface area (Å²) in [7, 11) is 0. The molecule has 4 aromatic rings. The number of piperazine rings is 1. The summed E-state index contributed by atoms with van der Waals surface area (Å²) >= 11 is 6.03. The zero-order valence-electron chi connectivity index (χ0n) is 16.1. The molecule has 3 aromatic heterocycles. The van der Waals surface area contributed by atoms with E-state index >= 15 is 0 Å².